The molecule has 0 aliphatic heterocycles. The van der Waals surface area contributed by atoms with E-state index in [9.17, 15) is 4.79 Å². The lowest BCUT2D eigenvalue weighted by Gasteiger charge is -2.15. The first kappa shape index (κ1) is 15.5. The van der Waals surface area contributed by atoms with E-state index in [4.69, 9.17) is 11.6 Å². The summed E-state index contributed by atoms with van der Waals surface area (Å²) in [6.07, 6.45) is 1.64. The number of hydrogen-bond acceptors (Lipinski definition) is 2. The number of anilines is 1. The summed E-state index contributed by atoms with van der Waals surface area (Å²) in [6.45, 7) is 4.11. The third kappa shape index (κ3) is 3.08. The molecule has 0 aliphatic carbocycles. The van der Waals surface area contributed by atoms with E-state index in [0.29, 0.717) is 9.90 Å². The van der Waals surface area contributed by atoms with Gasteiger partial charge in [-0.25, -0.2) is 0 Å². The molecule has 2 rings (SSSR count). The Hall–Kier alpha value is -0.840. The van der Waals surface area contributed by atoms with Crippen molar-refractivity contribution >= 4 is 50.5 Å². The summed E-state index contributed by atoms with van der Waals surface area (Å²) in [5.41, 5.74) is 2.95. The number of aryl methyl sites for hydroxylation is 1. The van der Waals surface area contributed by atoms with E-state index in [-0.39, 0.29) is 5.91 Å². The van der Waals surface area contributed by atoms with Crippen molar-refractivity contribution in [3.05, 3.63) is 49.1 Å². The molecular formula is C15H15BrClNOS. The molecule has 20 heavy (non-hydrogen) atoms. The Morgan fingerprint density at radius 1 is 1.30 bits per heavy atom. The van der Waals surface area contributed by atoms with E-state index in [1.807, 2.05) is 30.5 Å². The van der Waals surface area contributed by atoms with Crippen molar-refractivity contribution in [1.29, 1.82) is 0 Å². The topological polar surface area (TPSA) is 29.1 Å². The van der Waals surface area contributed by atoms with E-state index >= 15 is 0 Å². The van der Waals surface area contributed by atoms with Crippen LogP contribution in [-0.4, -0.2) is 5.91 Å². The minimum Gasteiger partial charge on any atom is -0.321 e. The fourth-order valence-corrected chi connectivity index (χ4v) is 3.83. The van der Waals surface area contributed by atoms with Crippen molar-refractivity contribution in [3.63, 3.8) is 0 Å². The van der Waals surface area contributed by atoms with Crippen LogP contribution in [0.3, 0.4) is 0 Å². The van der Waals surface area contributed by atoms with Crippen molar-refractivity contribution < 1.29 is 4.79 Å². The van der Waals surface area contributed by atoms with Gasteiger partial charge in [0.05, 0.1) is 0 Å². The zero-order valence-electron chi connectivity index (χ0n) is 11.3. The summed E-state index contributed by atoms with van der Waals surface area (Å²) in [5.74, 6) is -0.0986. The maximum absolute atomic E-state index is 12.4. The Morgan fingerprint density at radius 3 is 2.60 bits per heavy atom. The second kappa shape index (κ2) is 6.74. The summed E-state index contributed by atoms with van der Waals surface area (Å²) < 4.78 is 0.818. The molecule has 5 heteroatoms. The number of carbonyl (C=O) groups excluding carboxylic acids is 1. The Balaban J connectivity index is 2.40. The number of hydrogen-bond donors (Lipinski definition) is 1. The van der Waals surface area contributed by atoms with E-state index in [1.165, 1.54) is 11.3 Å². The number of carbonyl (C=O) groups is 1. The molecule has 0 radical (unpaired) electrons. The SMILES string of the molecule is CCc1ccc(Cl)c(CC)c1NC(=O)c1sccc1Br. The van der Waals surface area contributed by atoms with Crippen molar-refractivity contribution in [3.8, 4) is 0 Å². The van der Waals surface area contributed by atoms with E-state index < -0.39 is 0 Å². The molecule has 1 amide bonds. The van der Waals surface area contributed by atoms with Gasteiger partial charge in [0.1, 0.15) is 4.88 Å². The average molecular weight is 373 g/mol. The second-order valence-corrected chi connectivity index (χ2v) is 6.50. The minimum atomic E-state index is -0.0986. The largest absolute Gasteiger partial charge is 0.321 e. The normalized spacial score (nSPS) is 10.6. The van der Waals surface area contributed by atoms with Crippen LogP contribution in [0.2, 0.25) is 5.02 Å². The van der Waals surface area contributed by atoms with Crippen LogP contribution in [0.15, 0.2) is 28.1 Å². The van der Waals surface area contributed by atoms with Gasteiger partial charge in [0, 0.05) is 15.2 Å². The lowest BCUT2D eigenvalue weighted by Crippen LogP contribution is -2.14. The van der Waals surface area contributed by atoms with Gasteiger partial charge in [-0.2, -0.15) is 0 Å². The van der Waals surface area contributed by atoms with Gasteiger partial charge in [0.25, 0.3) is 5.91 Å². The van der Waals surface area contributed by atoms with Crippen LogP contribution >= 0.6 is 38.9 Å². The minimum absolute atomic E-state index is 0.0986. The molecule has 0 unspecified atom stereocenters. The zero-order valence-corrected chi connectivity index (χ0v) is 14.5. The predicted molar refractivity (Wildman–Crippen MR) is 90.2 cm³/mol. The molecule has 0 atom stereocenters. The molecule has 0 saturated heterocycles. The fraction of sp³-hybridized carbons (Fsp3) is 0.267. The highest BCUT2D eigenvalue weighted by molar-refractivity contribution is 9.10. The van der Waals surface area contributed by atoms with Crippen LogP contribution < -0.4 is 5.32 Å². The molecule has 1 aromatic carbocycles. The fourth-order valence-electron chi connectivity index (χ4n) is 2.09. The van der Waals surface area contributed by atoms with Gasteiger partial charge in [0.2, 0.25) is 0 Å². The Morgan fingerprint density at radius 2 is 2.05 bits per heavy atom. The highest BCUT2D eigenvalue weighted by Gasteiger charge is 2.16. The standard InChI is InChI=1S/C15H15BrClNOS/c1-3-9-5-6-12(17)10(4-2)13(9)18-15(19)14-11(16)7-8-20-14/h5-8H,3-4H2,1-2H3,(H,18,19). The van der Waals surface area contributed by atoms with Gasteiger partial charge in [-0.05, 0) is 57.4 Å². The number of benzene rings is 1. The van der Waals surface area contributed by atoms with Gasteiger partial charge >= 0.3 is 0 Å². The second-order valence-electron chi connectivity index (χ2n) is 4.32. The lowest BCUT2D eigenvalue weighted by molar-refractivity contribution is 0.102. The quantitative estimate of drug-likeness (QED) is 0.750. The predicted octanol–water partition coefficient (Wildman–Crippen LogP) is 5.54. The maximum Gasteiger partial charge on any atom is 0.266 e. The first-order valence-corrected chi connectivity index (χ1v) is 8.48. The van der Waals surface area contributed by atoms with Crippen LogP contribution in [-0.2, 0) is 12.8 Å². The summed E-state index contributed by atoms with van der Waals surface area (Å²) in [5, 5.41) is 5.61. The summed E-state index contributed by atoms with van der Waals surface area (Å²) in [6, 6.07) is 5.75. The van der Waals surface area contributed by atoms with Crippen LogP contribution in [0.5, 0.6) is 0 Å². The van der Waals surface area contributed by atoms with Crippen LogP contribution in [0.1, 0.15) is 34.6 Å². The van der Waals surface area contributed by atoms with Crippen LogP contribution in [0.25, 0.3) is 0 Å². The van der Waals surface area contributed by atoms with Gasteiger partial charge in [-0.3, -0.25) is 4.79 Å². The molecule has 106 valence electrons. The third-order valence-corrected chi connectivity index (χ3v) is 5.33. The number of halogens is 2. The molecule has 2 nitrogen and oxygen atoms in total. The van der Waals surface area contributed by atoms with Crippen molar-refractivity contribution in [2.45, 2.75) is 26.7 Å². The Kier molecular flexibility index (Phi) is 5.24. The number of rotatable bonds is 4. The molecular weight excluding hydrogens is 358 g/mol. The highest BCUT2D eigenvalue weighted by Crippen LogP contribution is 2.31. The summed E-state index contributed by atoms with van der Waals surface area (Å²) >= 11 is 11.0. The number of nitrogens with one attached hydrogen (secondary N) is 1. The lowest BCUT2D eigenvalue weighted by atomic mass is 10.0. The Bertz CT molecular complexity index is 639. The van der Waals surface area contributed by atoms with E-state index in [0.717, 1.165) is 34.1 Å². The van der Waals surface area contributed by atoms with Crippen LogP contribution in [0, 0.1) is 0 Å². The van der Waals surface area contributed by atoms with Gasteiger partial charge in [0.15, 0.2) is 0 Å². The molecule has 0 saturated carbocycles. The molecule has 1 heterocycles. The molecule has 0 spiro atoms. The van der Waals surface area contributed by atoms with Crippen molar-refractivity contribution in [1.82, 2.24) is 0 Å². The number of thiophene rings is 1. The molecule has 2 aromatic rings. The molecule has 0 fully saturated rings. The molecule has 0 bridgehead atoms. The van der Waals surface area contributed by atoms with E-state index in [1.54, 1.807) is 0 Å². The third-order valence-electron chi connectivity index (χ3n) is 3.14. The monoisotopic (exact) mass is 371 g/mol. The van der Waals surface area contributed by atoms with Crippen molar-refractivity contribution in [2.24, 2.45) is 0 Å². The van der Waals surface area contributed by atoms with E-state index in [2.05, 4.69) is 28.2 Å². The first-order chi connectivity index (χ1) is 9.58. The molecule has 1 aromatic heterocycles. The molecule has 0 aliphatic rings. The molecule has 1 N–H and O–H groups in total. The van der Waals surface area contributed by atoms with Gasteiger partial charge in [-0.1, -0.05) is 31.5 Å². The van der Waals surface area contributed by atoms with Gasteiger partial charge in [-0.15, -0.1) is 11.3 Å². The highest BCUT2D eigenvalue weighted by atomic mass is 79.9. The Labute approximate surface area is 136 Å². The van der Waals surface area contributed by atoms with Crippen molar-refractivity contribution in [2.75, 3.05) is 5.32 Å². The van der Waals surface area contributed by atoms with Crippen LogP contribution in [0.4, 0.5) is 5.69 Å². The first-order valence-electron chi connectivity index (χ1n) is 6.43. The zero-order chi connectivity index (χ0) is 14.7. The smallest absolute Gasteiger partial charge is 0.266 e. The number of amides is 1. The summed E-state index contributed by atoms with van der Waals surface area (Å²) in [7, 11) is 0. The van der Waals surface area contributed by atoms with Gasteiger partial charge < -0.3 is 5.32 Å². The summed E-state index contributed by atoms with van der Waals surface area (Å²) in [4.78, 5) is 13.0. The maximum atomic E-state index is 12.4. The average Bonchev–Trinajstić information content (AvgIpc) is 2.85.